The summed E-state index contributed by atoms with van der Waals surface area (Å²) >= 11 is 0. The number of carboxylic acids is 1. The first-order chi connectivity index (χ1) is 21.7. The molecule has 0 saturated carbocycles. The number of guanidine groups is 1. The zero-order valence-corrected chi connectivity index (χ0v) is 26.3. The SMILES string of the molecule is CCCCCCCCCCOC(=O)[C@H](CCc1ccc(NC(N)=N[N+](=O)[O-])cc1)N[C@H]1CCCN2CCC[C@@H](C(=O)O)N2C1=O. The van der Waals surface area contributed by atoms with Gasteiger partial charge in [0, 0.05) is 18.8 Å². The number of carbonyl (C=O) groups excluding carboxylic acids is 2. The van der Waals surface area contributed by atoms with Gasteiger partial charge in [-0.3, -0.25) is 19.9 Å². The summed E-state index contributed by atoms with van der Waals surface area (Å²) in [4.78, 5) is 49.5. The lowest BCUT2D eigenvalue weighted by molar-refractivity contribution is -0.485. The van der Waals surface area contributed by atoms with Gasteiger partial charge in [-0.1, -0.05) is 64.0 Å². The highest BCUT2D eigenvalue weighted by Gasteiger charge is 2.42. The fourth-order valence-electron chi connectivity index (χ4n) is 5.90. The number of anilines is 1. The molecule has 0 aromatic heterocycles. The molecule has 14 heteroatoms. The minimum absolute atomic E-state index is 0.305. The van der Waals surface area contributed by atoms with Gasteiger partial charge in [0.25, 0.3) is 11.9 Å². The Bertz CT molecular complexity index is 1150. The van der Waals surface area contributed by atoms with Crippen molar-refractivity contribution >= 4 is 29.5 Å². The number of carboxylic acid groups (broad SMARTS) is 1. The molecule has 3 rings (SSSR count). The van der Waals surface area contributed by atoms with E-state index < -0.39 is 35.1 Å². The van der Waals surface area contributed by atoms with Crippen molar-refractivity contribution in [2.75, 3.05) is 25.0 Å². The van der Waals surface area contributed by atoms with Gasteiger partial charge in [-0.2, -0.15) is 0 Å². The molecule has 0 spiro atoms. The molecule has 3 atom stereocenters. The smallest absolute Gasteiger partial charge is 0.328 e. The first-order valence-corrected chi connectivity index (χ1v) is 16.3. The lowest BCUT2D eigenvalue weighted by Gasteiger charge is -2.42. The van der Waals surface area contributed by atoms with Gasteiger partial charge in [0.2, 0.25) is 0 Å². The van der Waals surface area contributed by atoms with E-state index in [1.807, 2.05) is 17.1 Å². The number of nitrogens with two attached hydrogens (primary N) is 1. The molecule has 1 aromatic rings. The van der Waals surface area contributed by atoms with Crippen molar-refractivity contribution in [3.05, 3.63) is 39.9 Å². The van der Waals surface area contributed by atoms with Crippen LogP contribution in [0.2, 0.25) is 0 Å². The zero-order chi connectivity index (χ0) is 32.6. The highest BCUT2D eigenvalue weighted by atomic mass is 16.7. The summed E-state index contributed by atoms with van der Waals surface area (Å²) in [5.74, 6) is -2.13. The summed E-state index contributed by atoms with van der Waals surface area (Å²) in [5, 5.41) is 31.6. The Morgan fingerprint density at radius 3 is 2.38 bits per heavy atom. The van der Waals surface area contributed by atoms with E-state index in [-0.39, 0.29) is 11.9 Å². The highest BCUT2D eigenvalue weighted by Crippen LogP contribution is 2.25. The van der Waals surface area contributed by atoms with E-state index in [2.05, 4.69) is 22.7 Å². The molecule has 2 aliphatic heterocycles. The summed E-state index contributed by atoms with van der Waals surface area (Å²) < 4.78 is 5.68. The number of hydrogen-bond acceptors (Lipinski definition) is 8. The Labute approximate surface area is 264 Å². The van der Waals surface area contributed by atoms with E-state index in [4.69, 9.17) is 10.5 Å². The molecule has 1 aromatic carbocycles. The topological polar surface area (TPSA) is 193 Å². The highest BCUT2D eigenvalue weighted by molar-refractivity contribution is 5.91. The molecule has 2 aliphatic rings. The number of nitro groups is 1. The quantitative estimate of drug-likeness (QED) is 0.0462. The van der Waals surface area contributed by atoms with Crippen molar-refractivity contribution in [2.24, 2.45) is 10.8 Å². The van der Waals surface area contributed by atoms with Crippen LogP contribution in [0.15, 0.2) is 29.4 Å². The van der Waals surface area contributed by atoms with E-state index >= 15 is 0 Å². The number of ether oxygens (including phenoxy) is 1. The number of aliphatic carboxylic acids is 1. The number of rotatable bonds is 18. The first-order valence-electron chi connectivity index (χ1n) is 16.3. The Kier molecular flexibility index (Phi) is 15.0. The normalized spacial score (nSPS) is 19.8. The molecular formula is C31H49N7O7. The Balaban J connectivity index is 1.63. The van der Waals surface area contributed by atoms with Crippen LogP contribution in [0.1, 0.15) is 96.0 Å². The van der Waals surface area contributed by atoms with Gasteiger partial charge in [0.15, 0.2) is 5.03 Å². The average molecular weight is 632 g/mol. The third kappa shape index (κ3) is 11.9. The molecule has 45 heavy (non-hydrogen) atoms. The molecular weight excluding hydrogens is 582 g/mol. The van der Waals surface area contributed by atoms with E-state index in [0.717, 1.165) is 24.8 Å². The Morgan fingerprint density at radius 1 is 1.09 bits per heavy atom. The average Bonchev–Trinajstić information content (AvgIpc) is 3.16. The van der Waals surface area contributed by atoms with Gasteiger partial charge in [-0.15, -0.1) is 0 Å². The second-order valence-electron chi connectivity index (χ2n) is 11.8. The number of fused-ring (bicyclic) bond motifs is 1. The predicted octanol–water partition coefficient (Wildman–Crippen LogP) is 3.63. The number of carbonyl (C=O) groups is 3. The minimum atomic E-state index is -1.03. The van der Waals surface area contributed by atoms with Crippen LogP contribution in [0.4, 0.5) is 5.69 Å². The van der Waals surface area contributed by atoms with Crippen molar-refractivity contribution < 1.29 is 29.3 Å². The van der Waals surface area contributed by atoms with E-state index in [9.17, 15) is 29.6 Å². The van der Waals surface area contributed by atoms with E-state index in [1.54, 1.807) is 12.1 Å². The fraction of sp³-hybridized carbons (Fsp3) is 0.677. The minimum Gasteiger partial charge on any atom is -0.480 e. The van der Waals surface area contributed by atoms with Gasteiger partial charge in [0.1, 0.15) is 17.2 Å². The van der Waals surface area contributed by atoms with Crippen molar-refractivity contribution in [3.8, 4) is 0 Å². The van der Waals surface area contributed by atoms with Gasteiger partial charge in [-0.25, -0.2) is 19.9 Å². The molecule has 0 radical (unpaired) electrons. The molecule has 2 saturated heterocycles. The maximum atomic E-state index is 13.7. The molecule has 5 N–H and O–H groups in total. The molecule has 2 heterocycles. The van der Waals surface area contributed by atoms with Crippen LogP contribution >= 0.6 is 0 Å². The summed E-state index contributed by atoms with van der Waals surface area (Å²) in [6.07, 6.45) is 12.1. The number of nitrogens with zero attached hydrogens (tertiary/aromatic N) is 4. The fourth-order valence-corrected chi connectivity index (χ4v) is 5.90. The van der Waals surface area contributed by atoms with Crippen molar-refractivity contribution in [1.82, 2.24) is 15.3 Å². The Hall–Kier alpha value is -3.78. The second kappa shape index (κ2) is 18.9. The zero-order valence-electron chi connectivity index (χ0n) is 26.3. The summed E-state index contributed by atoms with van der Waals surface area (Å²) in [6, 6.07) is 4.62. The predicted molar refractivity (Wildman–Crippen MR) is 170 cm³/mol. The lowest BCUT2D eigenvalue weighted by Crippen LogP contribution is -2.61. The monoisotopic (exact) mass is 631 g/mol. The summed E-state index contributed by atoms with van der Waals surface area (Å²) in [7, 11) is 0. The maximum Gasteiger partial charge on any atom is 0.328 e. The number of aryl methyl sites for hydroxylation is 1. The molecule has 2 fully saturated rings. The molecule has 250 valence electrons. The van der Waals surface area contributed by atoms with Crippen LogP contribution in [0.5, 0.6) is 0 Å². The molecule has 0 bridgehead atoms. The van der Waals surface area contributed by atoms with Crippen LogP contribution in [-0.4, -0.2) is 81.8 Å². The van der Waals surface area contributed by atoms with Gasteiger partial charge >= 0.3 is 11.9 Å². The van der Waals surface area contributed by atoms with Gasteiger partial charge < -0.3 is 20.9 Å². The van der Waals surface area contributed by atoms with Crippen molar-refractivity contribution in [3.63, 3.8) is 0 Å². The summed E-state index contributed by atoms with van der Waals surface area (Å²) in [5.41, 5.74) is 6.93. The molecule has 1 amide bonds. The largest absolute Gasteiger partial charge is 0.480 e. The maximum absolute atomic E-state index is 13.7. The van der Waals surface area contributed by atoms with Crippen LogP contribution in [0, 0.1) is 10.1 Å². The number of nitrogens with one attached hydrogen (secondary N) is 2. The molecule has 14 nitrogen and oxygen atoms in total. The van der Waals surface area contributed by atoms with Gasteiger partial charge in [-0.05, 0) is 62.6 Å². The van der Waals surface area contributed by atoms with Crippen LogP contribution in [-0.2, 0) is 25.5 Å². The number of hydrazone groups is 1. The van der Waals surface area contributed by atoms with Crippen LogP contribution in [0.25, 0.3) is 0 Å². The first kappa shape index (κ1) is 35.7. The number of esters is 1. The number of hydrazine groups is 1. The summed E-state index contributed by atoms with van der Waals surface area (Å²) in [6.45, 7) is 3.71. The van der Waals surface area contributed by atoms with Crippen molar-refractivity contribution in [2.45, 2.75) is 115 Å². The van der Waals surface area contributed by atoms with Crippen molar-refractivity contribution in [1.29, 1.82) is 0 Å². The third-order valence-electron chi connectivity index (χ3n) is 8.28. The van der Waals surface area contributed by atoms with E-state index in [0.29, 0.717) is 63.9 Å². The molecule has 0 aliphatic carbocycles. The lowest BCUT2D eigenvalue weighted by atomic mass is 10.0. The standard InChI is InChI=1S/C31H49N7O7/c1-2-3-4-5-6-7-8-9-22-45-30(42)26(19-16-23-14-17-24(18-15-23)33-31(32)35-38(43)44)34-25-12-10-20-36-21-11-13-27(29(40)41)37(36)28(25)39/h14-15,17-18,25-27,34H,2-13,16,19-22H2,1H3,(H,40,41)(H3,32,33,35)/t25-,26-,27-/m0/s1. The number of benzene rings is 1. The number of amides is 1. The second-order valence-corrected chi connectivity index (χ2v) is 11.8. The van der Waals surface area contributed by atoms with Gasteiger partial charge in [0.05, 0.1) is 12.6 Å². The number of hydrogen-bond donors (Lipinski definition) is 4. The number of unbranched alkanes of at least 4 members (excludes halogenated alkanes) is 7. The van der Waals surface area contributed by atoms with Crippen LogP contribution < -0.4 is 16.4 Å². The Morgan fingerprint density at radius 2 is 1.73 bits per heavy atom. The molecule has 0 unspecified atom stereocenters. The third-order valence-corrected chi connectivity index (χ3v) is 8.28. The van der Waals surface area contributed by atoms with Crippen LogP contribution in [0.3, 0.4) is 0 Å². The van der Waals surface area contributed by atoms with E-state index in [1.165, 1.54) is 37.1 Å².